The van der Waals surface area contributed by atoms with E-state index in [1.807, 2.05) is 12.1 Å². The van der Waals surface area contributed by atoms with E-state index in [-0.39, 0.29) is 5.82 Å². The van der Waals surface area contributed by atoms with Gasteiger partial charge in [0.2, 0.25) is 0 Å². The van der Waals surface area contributed by atoms with E-state index in [9.17, 15) is 4.39 Å². The van der Waals surface area contributed by atoms with Gasteiger partial charge < -0.3 is 10.1 Å². The highest BCUT2D eigenvalue weighted by molar-refractivity contribution is 5.28. The van der Waals surface area contributed by atoms with E-state index in [4.69, 9.17) is 4.74 Å². The Hall–Kier alpha value is -1.13. The Labute approximate surface area is 113 Å². The fourth-order valence-corrected chi connectivity index (χ4v) is 2.82. The number of piperazine rings is 1. The minimum absolute atomic E-state index is 0.166. The van der Waals surface area contributed by atoms with Crippen LogP contribution in [0.3, 0.4) is 0 Å². The Bertz CT molecular complexity index is 448. The van der Waals surface area contributed by atoms with Crippen LogP contribution in [0.1, 0.15) is 18.4 Å². The molecule has 19 heavy (non-hydrogen) atoms. The van der Waals surface area contributed by atoms with Crippen LogP contribution in [0.2, 0.25) is 0 Å². The van der Waals surface area contributed by atoms with Gasteiger partial charge in [0.15, 0.2) is 0 Å². The van der Waals surface area contributed by atoms with Crippen molar-refractivity contribution in [2.24, 2.45) is 5.92 Å². The van der Waals surface area contributed by atoms with Crippen LogP contribution in [0.4, 0.5) is 4.39 Å². The summed E-state index contributed by atoms with van der Waals surface area (Å²) in [7, 11) is 1.56. The highest BCUT2D eigenvalue weighted by Gasteiger charge is 2.33. The zero-order valence-electron chi connectivity index (χ0n) is 11.4. The predicted molar refractivity (Wildman–Crippen MR) is 72.7 cm³/mol. The Balaban J connectivity index is 1.63. The maximum atomic E-state index is 13.9. The number of rotatable bonds is 4. The Morgan fingerprint density at radius 3 is 2.95 bits per heavy atom. The lowest BCUT2D eigenvalue weighted by Gasteiger charge is -2.34. The second kappa shape index (κ2) is 5.47. The van der Waals surface area contributed by atoms with Crippen LogP contribution >= 0.6 is 0 Å². The molecule has 1 unspecified atom stereocenters. The lowest BCUT2D eigenvalue weighted by atomic mass is 10.1. The quantitative estimate of drug-likeness (QED) is 0.900. The molecule has 1 aliphatic carbocycles. The molecular formula is C15H21FN2O. The van der Waals surface area contributed by atoms with Crippen molar-refractivity contribution in [3.63, 3.8) is 0 Å². The van der Waals surface area contributed by atoms with E-state index < -0.39 is 0 Å². The largest absolute Gasteiger partial charge is 0.497 e. The number of hydrogen-bond donors (Lipinski definition) is 1. The Kier molecular flexibility index (Phi) is 3.71. The summed E-state index contributed by atoms with van der Waals surface area (Å²) >= 11 is 0. The molecule has 1 aliphatic heterocycles. The summed E-state index contributed by atoms with van der Waals surface area (Å²) in [5, 5.41) is 3.57. The van der Waals surface area contributed by atoms with E-state index >= 15 is 0 Å². The van der Waals surface area contributed by atoms with Gasteiger partial charge in [0.25, 0.3) is 0 Å². The molecule has 1 N–H and O–H groups in total. The molecule has 0 aromatic heterocycles. The number of halogens is 1. The number of nitrogens with zero attached hydrogens (tertiary/aromatic N) is 1. The zero-order valence-corrected chi connectivity index (χ0v) is 11.4. The van der Waals surface area contributed by atoms with Gasteiger partial charge >= 0.3 is 0 Å². The average Bonchev–Trinajstić information content (AvgIpc) is 3.26. The van der Waals surface area contributed by atoms with Gasteiger partial charge in [-0.3, -0.25) is 4.90 Å². The van der Waals surface area contributed by atoms with Gasteiger partial charge in [0, 0.05) is 43.9 Å². The minimum atomic E-state index is -0.166. The molecule has 0 bridgehead atoms. The summed E-state index contributed by atoms with van der Waals surface area (Å²) in [6, 6.07) is 5.74. The van der Waals surface area contributed by atoms with E-state index in [1.54, 1.807) is 7.11 Å². The van der Waals surface area contributed by atoms with Gasteiger partial charge in [-0.2, -0.15) is 0 Å². The van der Waals surface area contributed by atoms with Crippen LogP contribution in [0.15, 0.2) is 18.2 Å². The average molecular weight is 264 g/mol. The number of ether oxygens (including phenoxy) is 1. The molecule has 1 aromatic rings. The van der Waals surface area contributed by atoms with E-state index in [2.05, 4.69) is 10.2 Å². The second-order valence-electron chi connectivity index (χ2n) is 5.59. The van der Waals surface area contributed by atoms with Crippen molar-refractivity contribution < 1.29 is 9.13 Å². The van der Waals surface area contributed by atoms with Crippen LogP contribution in [-0.2, 0) is 6.54 Å². The zero-order chi connectivity index (χ0) is 13.2. The summed E-state index contributed by atoms with van der Waals surface area (Å²) in [6.45, 7) is 3.74. The van der Waals surface area contributed by atoms with Gasteiger partial charge in [0.1, 0.15) is 11.6 Å². The SMILES string of the molecule is COc1ccc(CN2CCNC(C3CC3)C2)c(F)c1. The first-order valence-electron chi connectivity index (χ1n) is 7.04. The Morgan fingerprint density at radius 1 is 1.42 bits per heavy atom. The maximum absolute atomic E-state index is 13.9. The van der Waals surface area contributed by atoms with Crippen molar-refractivity contribution in [1.82, 2.24) is 10.2 Å². The summed E-state index contributed by atoms with van der Waals surface area (Å²) < 4.78 is 19.0. The smallest absolute Gasteiger partial charge is 0.131 e. The van der Waals surface area contributed by atoms with Crippen molar-refractivity contribution in [2.45, 2.75) is 25.4 Å². The molecule has 0 spiro atoms. The van der Waals surface area contributed by atoms with E-state index in [0.29, 0.717) is 18.3 Å². The van der Waals surface area contributed by atoms with Crippen LogP contribution in [0, 0.1) is 11.7 Å². The first-order valence-corrected chi connectivity index (χ1v) is 7.04. The summed E-state index contributed by atoms with van der Waals surface area (Å²) in [5.41, 5.74) is 0.761. The molecule has 0 radical (unpaired) electrons. The third kappa shape index (κ3) is 3.07. The molecule has 104 valence electrons. The lowest BCUT2D eigenvalue weighted by Crippen LogP contribution is -2.51. The summed E-state index contributed by atoms with van der Waals surface area (Å²) in [5.74, 6) is 1.27. The van der Waals surface area contributed by atoms with Crippen molar-refractivity contribution in [1.29, 1.82) is 0 Å². The first-order chi connectivity index (χ1) is 9.26. The van der Waals surface area contributed by atoms with Gasteiger partial charge in [-0.1, -0.05) is 6.07 Å². The first kappa shape index (κ1) is 12.9. The topological polar surface area (TPSA) is 24.5 Å². The molecule has 3 nitrogen and oxygen atoms in total. The summed E-state index contributed by atoms with van der Waals surface area (Å²) in [4.78, 5) is 2.35. The lowest BCUT2D eigenvalue weighted by molar-refractivity contribution is 0.179. The van der Waals surface area contributed by atoms with Gasteiger partial charge in [-0.05, 0) is 24.8 Å². The molecule has 1 saturated carbocycles. The fraction of sp³-hybridized carbons (Fsp3) is 0.600. The third-order valence-electron chi connectivity index (χ3n) is 4.13. The Morgan fingerprint density at radius 2 is 2.26 bits per heavy atom. The molecule has 4 heteroatoms. The van der Waals surface area contributed by atoms with E-state index in [0.717, 1.165) is 31.1 Å². The molecule has 0 amide bonds. The maximum Gasteiger partial charge on any atom is 0.131 e. The molecule has 1 saturated heterocycles. The standard InChI is InChI=1S/C15H21FN2O/c1-19-13-5-4-12(14(16)8-13)9-18-7-6-17-15(10-18)11-2-3-11/h4-5,8,11,15,17H,2-3,6-7,9-10H2,1H3. The number of nitrogens with one attached hydrogen (secondary N) is 1. The molecule has 1 atom stereocenters. The molecule has 2 fully saturated rings. The number of methoxy groups -OCH3 is 1. The minimum Gasteiger partial charge on any atom is -0.497 e. The van der Waals surface area contributed by atoms with Gasteiger partial charge in [0.05, 0.1) is 7.11 Å². The summed E-state index contributed by atoms with van der Waals surface area (Å²) in [6.07, 6.45) is 2.70. The molecule has 1 aromatic carbocycles. The molecule has 3 rings (SSSR count). The van der Waals surface area contributed by atoms with Gasteiger partial charge in [-0.15, -0.1) is 0 Å². The van der Waals surface area contributed by atoms with Gasteiger partial charge in [-0.25, -0.2) is 4.39 Å². The van der Waals surface area contributed by atoms with Crippen LogP contribution < -0.4 is 10.1 Å². The van der Waals surface area contributed by atoms with E-state index in [1.165, 1.54) is 18.9 Å². The van der Waals surface area contributed by atoms with Crippen molar-refractivity contribution in [2.75, 3.05) is 26.7 Å². The molecular weight excluding hydrogens is 243 g/mol. The molecule has 2 aliphatic rings. The van der Waals surface area contributed by atoms with Crippen LogP contribution in [-0.4, -0.2) is 37.7 Å². The van der Waals surface area contributed by atoms with Crippen LogP contribution in [0.25, 0.3) is 0 Å². The second-order valence-corrected chi connectivity index (χ2v) is 5.59. The van der Waals surface area contributed by atoms with Crippen LogP contribution in [0.5, 0.6) is 5.75 Å². The van der Waals surface area contributed by atoms with Crippen molar-refractivity contribution in [3.8, 4) is 5.75 Å². The third-order valence-corrected chi connectivity index (χ3v) is 4.13. The highest BCUT2D eigenvalue weighted by Crippen LogP contribution is 2.33. The number of hydrogen-bond acceptors (Lipinski definition) is 3. The van der Waals surface area contributed by atoms with Crippen molar-refractivity contribution in [3.05, 3.63) is 29.6 Å². The predicted octanol–water partition coefficient (Wildman–Crippen LogP) is 2.02. The highest BCUT2D eigenvalue weighted by atomic mass is 19.1. The monoisotopic (exact) mass is 264 g/mol. The number of benzene rings is 1. The normalized spacial score (nSPS) is 24.4. The fourth-order valence-electron chi connectivity index (χ4n) is 2.82. The molecule has 1 heterocycles. The van der Waals surface area contributed by atoms with Crippen molar-refractivity contribution >= 4 is 0 Å².